The van der Waals surface area contributed by atoms with Crippen LogP contribution in [0.2, 0.25) is 0 Å². The summed E-state index contributed by atoms with van der Waals surface area (Å²) >= 11 is 0. The molecule has 2 saturated heterocycles. The Hall–Kier alpha value is -1.85. The molecule has 1 unspecified atom stereocenters. The molecule has 2 aliphatic heterocycles. The smallest absolute Gasteiger partial charge is 0.282 e. The molecular weight excluding hydrogens is 384 g/mol. The number of aromatic nitrogens is 2. The molecule has 0 spiro atoms. The van der Waals surface area contributed by atoms with Crippen molar-refractivity contribution in [2.45, 2.75) is 25.4 Å². The van der Waals surface area contributed by atoms with Crippen LogP contribution in [0.25, 0.3) is 10.9 Å². The SMILES string of the molecule is O=c1c2ccccc2nc(C2CCCN2S(=O)(=O)N2CCOCC2)n1CCO. The molecule has 1 aromatic heterocycles. The molecule has 0 amide bonds. The number of rotatable bonds is 5. The lowest BCUT2D eigenvalue weighted by atomic mass is 10.2. The molecule has 9 nitrogen and oxygen atoms in total. The second kappa shape index (κ2) is 7.88. The molecule has 2 aliphatic rings. The lowest BCUT2D eigenvalue weighted by molar-refractivity contribution is 0.0697. The van der Waals surface area contributed by atoms with Crippen molar-refractivity contribution in [1.29, 1.82) is 0 Å². The second-order valence-corrected chi connectivity index (χ2v) is 8.84. The van der Waals surface area contributed by atoms with Crippen molar-refractivity contribution in [2.24, 2.45) is 0 Å². The van der Waals surface area contributed by atoms with E-state index < -0.39 is 16.3 Å². The summed E-state index contributed by atoms with van der Waals surface area (Å²) in [5.74, 6) is 0.395. The van der Waals surface area contributed by atoms with E-state index in [1.807, 2.05) is 0 Å². The lowest BCUT2D eigenvalue weighted by Gasteiger charge is -2.33. The molecule has 152 valence electrons. The number of hydrogen-bond donors (Lipinski definition) is 1. The zero-order chi connectivity index (χ0) is 19.7. The highest BCUT2D eigenvalue weighted by Crippen LogP contribution is 2.34. The summed E-state index contributed by atoms with van der Waals surface area (Å²) in [6.07, 6.45) is 1.27. The van der Waals surface area contributed by atoms with E-state index in [0.717, 1.165) is 0 Å². The van der Waals surface area contributed by atoms with Crippen molar-refractivity contribution in [3.8, 4) is 0 Å². The van der Waals surface area contributed by atoms with E-state index in [0.29, 0.717) is 62.4 Å². The third kappa shape index (κ3) is 3.35. The molecule has 1 aromatic carbocycles. The fourth-order valence-electron chi connectivity index (χ4n) is 3.96. The summed E-state index contributed by atoms with van der Waals surface area (Å²) in [7, 11) is -3.69. The van der Waals surface area contributed by atoms with Gasteiger partial charge in [-0.05, 0) is 25.0 Å². The predicted octanol–water partition coefficient (Wildman–Crippen LogP) is 0.103. The van der Waals surface area contributed by atoms with E-state index in [2.05, 4.69) is 4.98 Å². The molecule has 4 rings (SSSR count). The molecule has 2 aromatic rings. The molecule has 0 aliphatic carbocycles. The van der Waals surface area contributed by atoms with Crippen LogP contribution in [0.3, 0.4) is 0 Å². The fraction of sp³-hybridized carbons (Fsp3) is 0.556. The van der Waals surface area contributed by atoms with Crippen LogP contribution in [0.5, 0.6) is 0 Å². The van der Waals surface area contributed by atoms with Gasteiger partial charge in [0.1, 0.15) is 5.82 Å². The number of hydrogen-bond acceptors (Lipinski definition) is 6. The van der Waals surface area contributed by atoms with Gasteiger partial charge in [0.25, 0.3) is 15.8 Å². The van der Waals surface area contributed by atoms with Crippen molar-refractivity contribution in [3.63, 3.8) is 0 Å². The standard InChI is InChI=1S/C18H24N4O5S/c23-11-8-21-17(19-15-5-2-1-4-14(15)18(21)24)16-6-3-7-22(16)28(25,26)20-9-12-27-13-10-20/h1-2,4-5,16,23H,3,6-13H2. The monoisotopic (exact) mass is 408 g/mol. The zero-order valence-corrected chi connectivity index (χ0v) is 16.3. The number of aliphatic hydroxyl groups excluding tert-OH is 1. The van der Waals surface area contributed by atoms with Gasteiger partial charge in [-0.3, -0.25) is 9.36 Å². The molecule has 28 heavy (non-hydrogen) atoms. The molecule has 0 bridgehead atoms. The number of fused-ring (bicyclic) bond motifs is 1. The number of ether oxygens (including phenoxy) is 1. The average Bonchev–Trinajstić information content (AvgIpc) is 3.21. The molecule has 10 heteroatoms. The van der Waals surface area contributed by atoms with Crippen LogP contribution in [0.15, 0.2) is 29.1 Å². The van der Waals surface area contributed by atoms with Gasteiger partial charge in [0.15, 0.2) is 0 Å². The van der Waals surface area contributed by atoms with Gasteiger partial charge in [-0.1, -0.05) is 12.1 Å². The molecular formula is C18H24N4O5S. The van der Waals surface area contributed by atoms with Crippen LogP contribution in [-0.4, -0.2) is 71.1 Å². The first-order valence-electron chi connectivity index (χ1n) is 9.49. The zero-order valence-electron chi connectivity index (χ0n) is 15.5. The summed E-state index contributed by atoms with van der Waals surface area (Å²) in [5.41, 5.74) is 0.276. The summed E-state index contributed by atoms with van der Waals surface area (Å²) in [5, 5.41) is 9.93. The average molecular weight is 408 g/mol. The number of nitrogens with zero attached hydrogens (tertiary/aromatic N) is 4. The van der Waals surface area contributed by atoms with E-state index in [1.165, 1.54) is 13.2 Å². The summed E-state index contributed by atoms with van der Waals surface area (Å²) in [4.78, 5) is 17.6. The molecule has 1 N–H and O–H groups in total. The van der Waals surface area contributed by atoms with Gasteiger partial charge >= 0.3 is 0 Å². The molecule has 2 fully saturated rings. The van der Waals surface area contributed by atoms with Crippen LogP contribution >= 0.6 is 0 Å². The van der Waals surface area contributed by atoms with E-state index in [-0.39, 0.29) is 18.7 Å². The first-order chi connectivity index (χ1) is 13.5. The van der Waals surface area contributed by atoms with Gasteiger partial charge in [-0.2, -0.15) is 17.0 Å². The Balaban J connectivity index is 1.79. The van der Waals surface area contributed by atoms with Crippen LogP contribution in [-0.2, 0) is 21.5 Å². The second-order valence-electron chi connectivity index (χ2n) is 6.96. The Kier molecular flexibility index (Phi) is 5.48. The van der Waals surface area contributed by atoms with E-state index >= 15 is 0 Å². The Labute approximate surface area is 163 Å². The highest BCUT2D eigenvalue weighted by Gasteiger charge is 2.41. The van der Waals surface area contributed by atoms with Crippen LogP contribution in [0.1, 0.15) is 24.7 Å². The maximum Gasteiger partial charge on any atom is 0.282 e. The van der Waals surface area contributed by atoms with Crippen molar-refractivity contribution >= 4 is 21.1 Å². The first kappa shape index (κ1) is 19.5. The molecule has 0 radical (unpaired) electrons. The van der Waals surface area contributed by atoms with Crippen molar-refractivity contribution < 1.29 is 18.3 Å². The Morgan fingerprint density at radius 2 is 1.93 bits per heavy atom. The number of morpholine rings is 1. The van der Waals surface area contributed by atoms with Gasteiger partial charge < -0.3 is 9.84 Å². The van der Waals surface area contributed by atoms with E-state index in [1.54, 1.807) is 24.3 Å². The number of benzene rings is 1. The fourth-order valence-corrected chi connectivity index (χ4v) is 5.74. The first-order valence-corrected chi connectivity index (χ1v) is 10.9. The predicted molar refractivity (Wildman–Crippen MR) is 103 cm³/mol. The molecule has 1 atom stereocenters. The van der Waals surface area contributed by atoms with Crippen LogP contribution in [0, 0.1) is 0 Å². The molecule has 0 saturated carbocycles. The minimum Gasteiger partial charge on any atom is -0.395 e. The minimum atomic E-state index is -3.69. The Morgan fingerprint density at radius 3 is 2.68 bits per heavy atom. The third-order valence-electron chi connectivity index (χ3n) is 5.31. The highest BCUT2D eigenvalue weighted by molar-refractivity contribution is 7.86. The van der Waals surface area contributed by atoms with Gasteiger partial charge in [-0.15, -0.1) is 0 Å². The largest absolute Gasteiger partial charge is 0.395 e. The topological polar surface area (TPSA) is 105 Å². The summed E-state index contributed by atoms with van der Waals surface area (Å²) in [6.45, 7) is 1.62. The highest BCUT2D eigenvalue weighted by atomic mass is 32.2. The molecule has 3 heterocycles. The van der Waals surface area contributed by atoms with Crippen LogP contribution < -0.4 is 5.56 Å². The van der Waals surface area contributed by atoms with E-state index in [9.17, 15) is 18.3 Å². The van der Waals surface area contributed by atoms with E-state index in [4.69, 9.17) is 4.74 Å². The van der Waals surface area contributed by atoms with Crippen molar-refractivity contribution in [1.82, 2.24) is 18.2 Å². The summed E-state index contributed by atoms with van der Waals surface area (Å²) < 4.78 is 36.0. The van der Waals surface area contributed by atoms with Gasteiger partial charge in [0.2, 0.25) is 0 Å². The third-order valence-corrected chi connectivity index (χ3v) is 7.36. The number of para-hydroxylation sites is 1. The van der Waals surface area contributed by atoms with Crippen LogP contribution in [0.4, 0.5) is 0 Å². The maximum atomic E-state index is 13.2. The van der Waals surface area contributed by atoms with Gasteiger partial charge in [0, 0.05) is 19.6 Å². The normalized spacial score (nSPS) is 22.1. The van der Waals surface area contributed by atoms with Gasteiger partial charge in [-0.25, -0.2) is 4.98 Å². The number of aliphatic hydroxyl groups is 1. The minimum absolute atomic E-state index is 0.0773. The Morgan fingerprint density at radius 1 is 1.18 bits per heavy atom. The Bertz CT molecular complexity index is 1020. The maximum absolute atomic E-state index is 13.2. The van der Waals surface area contributed by atoms with Gasteiger partial charge in [0.05, 0.1) is 43.3 Å². The quantitative estimate of drug-likeness (QED) is 0.753. The van der Waals surface area contributed by atoms with Crippen molar-refractivity contribution in [2.75, 3.05) is 39.5 Å². The summed E-state index contributed by atoms with van der Waals surface area (Å²) in [6, 6.07) is 6.47. The lowest BCUT2D eigenvalue weighted by Crippen LogP contribution is -2.48. The van der Waals surface area contributed by atoms with Crippen molar-refractivity contribution in [3.05, 3.63) is 40.4 Å².